The summed E-state index contributed by atoms with van der Waals surface area (Å²) in [6, 6.07) is 5.19. The average molecular weight is 285 g/mol. The molecule has 1 aromatic carbocycles. The highest BCUT2D eigenvalue weighted by molar-refractivity contribution is 5.74. The summed E-state index contributed by atoms with van der Waals surface area (Å²) in [5.74, 6) is -0.535. The van der Waals surface area contributed by atoms with Crippen molar-refractivity contribution in [3.05, 3.63) is 41.6 Å². The Morgan fingerprint density at radius 2 is 2.00 bits per heavy atom. The molecule has 0 aliphatic heterocycles. The molecule has 106 valence electrons. The maximum Gasteiger partial charge on any atom is 0.419 e. The molecule has 0 radical (unpaired) electrons. The minimum atomic E-state index is -4.54. The largest absolute Gasteiger partial charge is 0.437 e. The first-order valence-corrected chi connectivity index (χ1v) is 5.49. The van der Waals surface area contributed by atoms with E-state index >= 15 is 0 Å². The van der Waals surface area contributed by atoms with E-state index in [0.717, 1.165) is 10.7 Å². The smallest absolute Gasteiger partial charge is 0.419 e. The summed E-state index contributed by atoms with van der Waals surface area (Å²) in [7, 11) is 0. The number of alkyl halides is 3. The lowest BCUT2D eigenvalue weighted by Gasteiger charge is -2.11. The number of ether oxygens (including phenoxy) is 1. The highest BCUT2D eigenvalue weighted by atomic mass is 19.4. The number of hydrogen-bond donors (Lipinski definition) is 1. The third kappa shape index (κ3) is 2.73. The number of hydrogen-bond acceptors (Lipinski definition) is 3. The third-order valence-electron chi connectivity index (χ3n) is 2.48. The van der Waals surface area contributed by atoms with Crippen LogP contribution >= 0.6 is 0 Å². The molecular weight excluding hydrogens is 275 g/mol. The third-order valence-corrected chi connectivity index (χ3v) is 2.48. The molecule has 1 amide bonds. The van der Waals surface area contributed by atoms with Gasteiger partial charge in [-0.2, -0.15) is 17.9 Å². The van der Waals surface area contributed by atoms with Crippen LogP contribution in [0.2, 0.25) is 0 Å². The van der Waals surface area contributed by atoms with Gasteiger partial charge in [0.05, 0.1) is 11.3 Å². The van der Waals surface area contributed by atoms with E-state index in [1.54, 1.807) is 0 Å². The van der Waals surface area contributed by atoms with Gasteiger partial charge in [0, 0.05) is 6.07 Å². The van der Waals surface area contributed by atoms with E-state index in [0.29, 0.717) is 5.69 Å². The van der Waals surface area contributed by atoms with Gasteiger partial charge in [-0.15, -0.1) is 5.10 Å². The first-order valence-electron chi connectivity index (χ1n) is 5.49. The summed E-state index contributed by atoms with van der Waals surface area (Å²) >= 11 is 0. The van der Waals surface area contributed by atoms with Crippen molar-refractivity contribution >= 4 is 6.03 Å². The van der Waals surface area contributed by atoms with Gasteiger partial charge in [0.2, 0.25) is 5.88 Å². The lowest BCUT2D eigenvalue weighted by atomic mass is 10.2. The van der Waals surface area contributed by atoms with Gasteiger partial charge < -0.3 is 10.5 Å². The zero-order valence-corrected chi connectivity index (χ0v) is 10.3. The van der Waals surface area contributed by atoms with Crippen LogP contribution in [-0.2, 0) is 6.18 Å². The average Bonchev–Trinajstić information content (AvgIpc) is 2.69. The second-order valence-corrected chi connectivity index (χ2v) is 3.97. The number of nitrogens with zero attached hydrogens (tertiary/aromatic N) is 2. The molecule has 0 unspecified atom stereocenters. The monoisotopic (exact) mass is 285 g/mol. The van der Waals surface area contributed by atoms with Crippen LogP contribution in [0, 0.1) is 6.92 Å². The summed E-state index contributed by atoms with van der Waals surface area (Å²) in [5.41, 5.74) is 4.48. The predicted octanol–water partition coefficient (Wildman–Crippen LogP) is 2.93. The Kier molecular flexibility index (Phi) is 3.39. The number of primary amides is 1. The van der Waals surface area contributed by atoms with Crippen molar-refractivity contribution in [1.29, 1.82) is 0 Å². The molecule has 1 aromatic heterocycles. The SMILES string of the molecule is Cc1cc(Oc2ccccc2C(F)(F)F)nn1C(N)=O. The van der Waals surface area contributed by atoms with Gasteiger partial charge in [-0.3, -0.25) is 0 Å². The van der Waals surface area contributed by atoms with Crippen LogP contribution in [0.4, 0.5) is 18.0 Å². The molecule has 0 bridgehead atoms. The zero-order chi connectivity index (χ0) is 14.9. The van der Waals surface area contributed by atoms with Crippen molar-refractivity contribution in [2.24, 2.45) is 5.73 Å². The number of para-hydroxylation sites is 1. The second kappa shape index (κ2) is 4.87. The molecule has 0 aliphatic rings. The second-order valence-electron chi connectivity index (χ2n) is 3.97. The summed E-state index contributed by atoms with van der Waals surface area (Å²) < 4.78 is 44.3. The summed E-state index contributed by atoms with van der Waals surface area (Å²) in [4.78, 5) is 11.0. The summed E-state index contributed by atoms with van der Waals surface area (Å²) in [5, 5.41) is 3.68. The Balaban J connectivity index is 2.36. The maximum absolute atomic E-state index is 12.8. The molecule has 2 rings (SSSR count). The molecule has 2 aromatic rings. The van der Waals surface area contributed by atoms with Crippen molar-refractivity contribution < 1.29 is 22.7 Å². The van der Waals surface area contributed by atoms with E-state index in [9.17, 15) is 18.0 Å². The van der Waals surface area contributed by atoms with Gasteiger partial charge in [0.25, 0.3) is 0 Å². The fourth-order valence-corrected chi connectivity index (χ4v) is 1.62. The van der Waals surface area contributed by atoms with Crippen LogP contribution in [0.25, 0.3) is 0 Å². The Morgan fingerprint density at radius 1 is 1.35 bits per heavy atom. The zero-order valence-electron chi connectivity index (χ0n) is 10.3. The highest BCUT2D eigenvalue weighted by Crippen LogP contribution is 2.37. The molecule has 5 nitrogen and oxygen atoms in total. The molecule has 0 saturated heterocycles. The molecule has 8 heteroatoms. The molecule has 2 N–H and O–H groups in total. The van der Waals surface area contributed by atoms with Gasteiger partial charge in [0.1, 0.15) is 5.75 Å². The Labute approximate surface area is 111 Å². The van der Waals surface area contributed by atoms with E-state index in [-0.39, 0.29) is 5.88 Å². The Bertz CT molecular complexity index is 650. The molecule has 0 atom stereocenters. The lowest BCUT2D eigenvalue weighted by Crippen LogP contribution is -2.21. The van der Waals surface area contributed by atoms with Gasteiger partial charge in [-0.1, -0.05) is 12.1 Å². The summed E-state index contributed by atoms with van der Waals surface area (Å²) in [6.07, 6.45) is -4.54. The number of aromatic nitrogens is 2. The Hall–Kier alpha value is -2.51. The standard InChI is InChI=1S/C12H10F3N3O2/c1-7-6-10(17-18(7)11(16)19)20-9-5-3-2-4-8(9)12(13,14)15/h2-6H,1H3,(H2,16,19). The van der Waals surface area contributed by atoms with Crippen LogP contribution in [0.1, 0.15) is 11.3 Å². The molecule has 0 saturated carbocycles. The number of aryl methyl sites for hydroxylation is 1. The predicted molar refractivity (Wildman–Crippen MR) is 63.5 cm³/mol. The molecule has 0 aliphatic carbocycles. The van der Waals surface area contributed by atoms with Gasteiger partial charge >= 0.3 is 12.2 Å². The van der Waals surface area contributed by atoms with Crippen LogP contribution in [0.15, 0.2) is 30.3 Å². The number of carbonyl (C=O) groups is 1. The van der Waals surface area contributed by atoms with Gasteiger partial charge in [0.15, 0.2) is 0 Å². The van der Waals surface area contributed by atoms with E-state index in [1.807, 2.05) is 0 Å². The molecule has 0 spiro atoms. The maximum atomic E-state index is 12.8. The van der Waals surface area contributed by atoms with E-state index in [2.05, 4.69) is 5.10 Å². The van der Waals surface area contributed by atoms with Crippen molar-refractivity contribution in [3.8, 4) is 11.6 Å². The van der Waals surface area contributed by atoms with Gasteiger partial charge in [-0.25, -0.2) is 4.79 Å². The summed E-state index contributed by atoms with van der Waals surface area (Å²) in [6.45, 7) is 1.53. The van der Waals surface area contributed by atoms with Crippen LogP contribution in [0.3, 0.4) is 0 Å². The van der Waals surface area contributed by atoms with E-state index in [4.69, 9.17) is 10.5 Å². The van der Waals surface area contributed by atoms with E-state index < -0.39 is 23.5 Å². The molecule has 20 heavy (non-hydrogen) atoms. The van der Waals surface area contributed by atoms with Crippen LogP contribution < -0.4 is 10.5 Å². The fraction of sp³-hybridized carbons (Fsp3) is 0.167. The fourth-order valence-electron chi connectivity index (χ4n) is 1.62. The van der Waals surface area contributed by atoms with E-state index in [1.165, 1.54) is 31.2 Å². The minimum absolute atomic E-state index is 0.141. The molecule has 0 fully saturated rings. The minimum Gasteiger partial charge on any atom is -0.437 e. The number of halogens is 3. The normalized spacial score (nSPS) is 11.4. The quantitative estimate of drug-likeness (QED) is 0.922. The number of rotatable bonds is 2. The number of nitrogens with two attached hydrogens (primary N) is 1. The van der Waals surface area contributed by atoms with Crippen molar-refractivity contribution in [3.63, 3.8) is 0 Å². The lowest BCUT2D eigenvalue weighted by molar-refractivity contribution is -0.138. The Morgan fingerprint density at radius 3 is 2.55 bits per heavy atom. The van der Waals surface area contributed by atoms with Crippen molar-refractivity contribution in [2.45, 2.75) is 13.1 Å². The highest BCUT2D eigenvalue weighted by Gasteiger charge is 2.34. The molecular formula is C12H10F3N3O2. The first kappa shape index (κ1) is 13.9. The van der Waals surface area contributed by atoms with Crippen molar-refractivity contribution in [2.75, 3.05) is 0 Å². The first-order chi connectivity index (χ1) is 9.29. The topological polar surface area (TPSA) is 70.1 Å². The number of carbonyl (C=O) groups excluding carboxylic acids is 1. The van der Waals surface area contributed by atoms with Gasteiger partial charge in [-0.05, 0) is 19.1 Å². The van der Waals surface area contributed by atoms with Crippen LogP contribution in [0.5, 0.6) is 11.6 Å². The number of amides is 1. The number of benzene rings is 1. The molecule has 1 heterocycles. The van der Waals surface area contributed by atoms with Crippen molar-refractivity contribution in [1.82, 2.24) is 9.78 Å². The van der Waals surface area contributed by atoms with Crippen LogP contribution in [-0.4, -0.2) is 15.8 Å².